The van der Waals surface area contributed by atoms with Crippen LogP contribution in [0.4, 0.5) is 5.13 Å². The van der Waals surface area contributed by atoms with Gasteiger partial charge in [0.15, 0.2) is 10.9 Å². The lowest BCUT2D eigenvalue weighted by atomic mass is 9.78. The van der Waals surface area contributed by atoms with Crippen molar-refractivity contribution in [3.8, 4) is 0 Å². The second-order valence-corrected chi connectivity index (χ2v) is 12.2. The van der Waals surface area contributed by atoms with Gasteiger partial charge in [0.2, 0.25) is 10.0 Å². The number of nitrogens with one attached hydrogen (secondary N) is 1. The van der Waals surface area contributed by atoms with E-state index in [0.717, 1.165) is 31.4 Å². The zero-order chi connectivity index (χ0) is 22.4. The summed E-state index contributed by atoms with van der Waals surface area (Å²) in [6, 6.07) is 5.99. The van der Waals surface area contributed by atoms with E-state index in [0.29, 0.717) is 28.4 Å². The molecule has 1 N–H and O–H groups in total. The molecule has 0 aliphatic heterocycles. The van der Waals surface area contributed by atoms with Gasteiger partial charge < -0.3 is 0 Å². The van der Waals surface area contributed by atoms with Gasteiger partial charge in [-0.15, -0.1) is 0 Å². The zero-order valence-electron chi connectivity index (χ0n) is 18.0. The number of Topliss-reactive ketones (excluding diaryl/α,β-unsaturated/α-hetero) is 1. The molecule has 166 valence electrons. The molecule has 1 heterocycles. The summed E-state index contributed by atoms with van der Waals surface area (Å²) in [6.07, 6.45) is 5.03. The van der Waals surface area contributed by atoms with E-state index in [4.69, 9.17) is 0 Å². The average Bonchev–Trinajstić information content (AvgIpc) is 3.36. The molecule has 0 unspecified atom stereocenters. The van der Waals surface area contributed by atoms with Crippen LogP contribution >= 0.6 is 11.3 Å². The number of fused-ring (bicyclic) bond motifs is 1. The van der Waals surface area contributed by atoms with Gasteiger partial charge in [0.25, 0.3) is 5.91 Å². The van der Waals surface area contributed by atoms with E-state index >= 15 is 0 Å². The number of carbonyl (C=O) groups excluding carboxylic acids is 2. The van der Waals surface area contributed by atoms with Gasteiger partial charge in [-0.2, -0.15) is 4.31 Å². The number of benzene rings is 1. The van der Waals surface area contributed by atoms with Crippen LogP contribution < -0.4 is 5.32 Å². The van der Waals surface area contributed by atoms with Crippen LogP contribution in [0.1, 0.15) is 71.7 Å². The van der Waals surface area contributed by atoms with E-state index < -0.39 is 10.0 Å². The highest BCUT2D eigenvalue weighted by Crippen LogP contribution is 2.38. The van der Waals surface area contributed by atoms with E-state index in [9.17, 15) is 18.0 Å². The summed E-state index contributed by atoms with van der Waals surface area (Å²) in [7, 11) is -1.97. The van der Waals surface area contributed by atoms with Gasteiger partial charge in [0.05, 0.1) is 15.5 Å². The summed E-state index contributed by atoms with van der Waals surface area (Å²) < 4.78 is 27.2. The van der Waals surface area contributed by atoms with Crippen molar-refractivity contribution in [2.45, 2.75) is 63.3 Å². The predicted octanol–water partition coefficient (Wildman–Crippen LogP) is 4.11. The van der Waals surface area contributed by atoms with Crippen LogP contribution in [0.5, 0.6) is 0 Å². The molecule has 1 fully saturated rings. The first-order valence-corrected chi connectivity index (χ1v) is 12.7. The number of ketones is 1. The molecular formula is C22H27N3O4S2. The fraction of sp³-hybridized carbons (Fsp3) is 0.500. The normalized spacial score (nSPS) is 18.9. The van der Waals surface area contributed by atoms with E-state index in [-0.39, 0.29) is 28.0 Å². The fourth-order valence-corrected chi connectivity index (χ4v) is 6.68. The lowest BCUT2D eigenvalue weighted by molar-refractivity contribution is 0.0915. The number of anilines is 1. The molecule has 2 aliphatic carbocycles. The van der Waals surface area contributed by atoms with Gasteiger partial charge in [-0.05, 0) is 48.9 Å². The molecule has 1 saturated carbocycles. The Kier molecular flexibility index (Phi) is 5.78. The Morgan fingerprint density at radius 3 is 2.45 bits per heavy atom. The van der Waals surface area contributed by atoms with Crippen LogP contribution in [0.15, 0.2) is 29.2 Å². The number of hydrogen-bond donors (Lipinski definition) is 1. The molecule has 4 rings (SSSR count). The third-order valence-corrected chi connectivity index (χ3v) is 9.07. The minimum absolute atomic E-state index is 0.0385. The highest BCUT2D eigenvalue weighted by atomic mass is 32.2. The molecule has 0 saturated heterocycles. The Morgan fingerprint density at radius 2 is 1.81 bits per heavy atom. The molecule has 31 heavy (non-hydrogen) atoms. The number of rotatable bonds is 5. The Labute approximate surface area is 186 Å². The van der Waals surface area contributed by atoms with Crippen molar-refractivity contribution in [3.05, 3.63) is 40.4 Å². The summed E-state index contributed by atoms with van der Waals surface area (Å²) in [4.78, 5) is 30.2. The first-order chi connectivity index (χ1) is 14.6. The summed E-state index contributed by atoms with van der Waals surface area (Å²) in [6.45, 7) is 4.07. The summed E-state index contributed by atoms with van der Waals surface area (Å²) in [5.41, 5.74) is 0.937. The van der Waals surface area contributed by atoms with Crippen molar-refractivity contribution in [1.29, 1.82) is 0 Å². The molecular weight excluding hydrogens is 434 g/mol. The standard InChI is InChI=1S/C22H27N3O4S2/c1-22(2)12-17-19(18(26)13-22)30-21(23-17)24-20(27)14-8-10-16(11-9-14)31(28,29)25(3)15-6-4-5-7-15/h8-11,15H,4-7,12-13H2,1-3H3,(H,23,24,27). The number of amides is 1. The highest BCUT2D eigenvalue weighted by Gasteiger charge is 2.34. The maximum absolute atomic E-state index is 12.9. The Morgan fingerprint density at radius 1 is 1.16 bits per heavy atom. The minimum atomic E-state index is -3.59. The number of nitrogens with zero attached hydrogens (tertiary/aromatic N) is 2. The topological polar surface area (TPSA) is 96.4 Å². The quantitative estimate of drug-likeness (QED) is 0.723. The number of carbonyl (C=O) groups is 2. The predicted molar refractivity (Wildman–Crippen MR) is 120 cm³/mol. The maximum Gasteiger partial charge on any atom is 0.257 e. The number of aromatic nitrogens is 1. The van der Waals surface area contributed by atoms with E-state index in [1.807, 2.05) is 13.8 Å². The number of thiazole rings is 1. The van der Waals surface area contributed by atoms with Crippen molar-refractivity contribution in [2.24, 2.45) is 5.41 Å². The zero-order valence-corrected chi connectivity index (χ0v) is 19.6. The highest BCUT2D eigenvalue weighted by molar-refractivity contribution is 7.89. The third kappa shape index (κ3) is 4.44. The molecule has 1 aromatic heterocycles. The second-order valence-electron chi connectivity index (χ2n) is 9.17. The van der Waals surface area contributed by atoms with Gasteiger partial charge in [-0.25, -0.2) is 13.4 Å². The molecule has 2 aromatic rings. The van der Waals surface area contributed by atoms with Crippen LogP contribution in [0.3, 0.4) is 0 Å². The Hall–Kier alpha value is -2.10. The number of hydrogen-bond acceptors (Lipinski definition) is 6. The third-order valence-electron chi connectivity index (χ3n) is 6.09. The molecule has 9 heteroatoms. The van der Waals surface area contributed by atoms with Gasteiger partial charge in [0.1, 0.15) is 0 Å². The smallest absolute Gasteiger partial charge is 0.257 e. The average molecular weight is 462 g/mol. The molecule has 1 amide bonds. The SMILES string of the molecule is CN(C1CCCC1)S(=O)(=O)c1ccc(C(=O)Nc2nc3c(s2)C(=O)CC(C)(C)C3)cc1. The maximum atomic E-state index is 12.9. The van der Waals surface area contributed by atoms with Crippen LogP contribution in [-0.2, 0) is 16.4 Å². The van der Waals surface area contributed by atoms with Crippen LogP contribution in [0, 0.1) is 5.41 Å². The van der Waals surface area contributed by atoms with Crippen LogP contribution in [0.25, 0.3) is 0 Å². The first-order valence-electron chi connectivity index (χ1n) is 10.5. The number of sulfonamides is 1. The first kappa shape index (κ1) is 22.1. The lowest BCUT2D eigenvalue weighted by Crippen LogP contribution is -2.35. The molecule has 7 nitrogen and oxygen atoms in total. The van der Waals surface area contributed by atoms with E-state index in [2.05, 4.69) is 10.3 Å². The second kappa shape index (κ2) is 8.11. The fourth-order valence-electron chi connectivity index (χ4n) is 4.35. The molecule has 0 bridgehead atoms. The van der Waals surface area contributed by atoms with Crippen molar-refractivity contribution in [1.82, 2.24) is 9.29 Å². The van der Waals surface area contributed by atoms with Crippen molar-refractivity contribution in [3.63, 3.8) is 0 Å². The summed E-state index contributed by atoms with van der Waals surface area (Å²) >= 11 is 1.20. The largest absolute Gasteiger partial charge is 0.298 e. The monoisotopic (exact) mass is 461 g/mol. The lowest BCUT2D eigenvalue weighted by Gasteiger charge is -2.26. The summed E-state index contributed by atoms with van der Waals surface area (Å²) in [5, 5.41) is 3.13. The van der Waals surface area contributed by atoms with Crippen molar-refractivity contribution >= 4 is 38.2 Å². The Bertz CT molecular complexity index is 1110. The van der Waals surface area contributed by atoms with Crippen molar-refractivity contribution < 1.29 is 18.0 Å². The van der Waals surface area contributed by atoms with Crippen LogP contribution in [-0.4, -0.2) is 42.5 Å². The minimum Gasteiger partial charge on any atom is -0.298 e. The molecule has 2 aliphatic rings. The van der Waals surface area contributed by atoms with E-state index in [1.165, 1.54) is 39.9 Å². The van der Waals surface area contributed by atoms with Gasteiger partial charge in [-0.3, -0.25) is 14.9 Å². The summed E-state index contributed by atoms with van der Waals surface area (Å²) in [5.74, 6) is -0.323. The molecule has 0 atom stereocenters. The van der Waals surface area contributed by atoms with Crippen molar-refractivity contribution in [2.75, 3.05) is 12.4 Å². The van der Waals surface area contributed by atoms with E-state index in [1.54, 1.807) is 7.05 Å². The molecule has 0 spiro atoms. The molecule has 0 radical (unpaired) electrons. The van der Waals surface area contributed by atoms with Gasteiger partial charge in [-0.1, -0.05) is 38.0 Å². The van der Waals surface area contributed by atoms with Gasteiger partial charge in [0, 0.05) is 25.1 Å². The molecule has 1 aromatic carbocycles. The van der Waals surface area contributed by atoms with Crippen LogP contribution in [0.2, 0.25) is 0 Å². The van der Waals surface area contributed by atoms with Gasteiger partial charge >= 0.3 is 0 Å². The Balaban J connectivity index is 1.48.